The maximum Gasteiger partial charge on any atom is 0.417 e. The monoisotopic (exact) mass is 519 g/mol. The number of nitrogens with zero attached hydrogens (tertiary/aromatic N) is 3. The predicted molar refractivity (Wildman–Crippen MR) is 120 cm³/mol. The molecule has 1 fully saturated rings. The molecule has 0 amide bonds. The van der Waals surface area contributed by atoms with Crippen LogP contribution in [0.2, 0.25) is 0 Å². The van der Waals surface area contributed by atoms with Crippen molar-refractivity contribution in [2.45, 2.75) is 36.1 Å². The Balaban J connectivity index is 1.64. The van der Waals surface area contributed by atoms with Crippen LogP contribution in [0.3, 0.4) is 0 Å². The Bertz CT molecular complexity index is 1500. The van der Waals surface area contributed by atoms with E-state index in [4.69, 9.17) is 10.00 Å². The quantitative estimate of drug-likeness (QED) is 0.542. The van der Waals surface area contributed by atoms with Gasteiger partial charge >= 0.3 is 6.18 Å². The minimum absolute atomic E-state index is 0.0685. The van der Waals surface area contributed by atoms with E-state index < -0.39 is 50.3 Å². The van der Waals surface area contributed by atoms with E-state index in [1.54, 1.807) is 32.0 Å². The van der Waals surface area contributed by atoms with E-state index in [2.05, 4.69) is 0 Å². The van der Waals surface area contributed by atoms with Gasteiger partial charge < -0.3 is 14.9 Å². The van der Waals surface area contributed by atoms with Crippen LogP contribution in [0.5, 0.6) is 11.8 Å². The van der Waals surface area contributed by atoms with Gasteiger partial charge in [-0.1, -0.05) is 18.2 Å². The van der Waals surface area contributed by atoms with Crippen molar-refractivity contribution in [2.24, 2.45) is 0 Å². The Morgan fingerprint density at radius 2 is 1.56 bits per heavy atom. The number of aromatic hydroxyl groups is 2. The van der Waals surface area contributed by atoms with Crippen molar-refractivity contribution in [3.63, 3.8) is 0 Å². The fraction of sp³-hybridized carbons (Fsp3) is 0.292. The Hall–Kier alpha value is -3.53. The minimum atomic E-state index is -4.84. The van der Waals surface area contributed by atoms with Crippen LogP contribution >= 0.6 is 0 Å². The summed E-state index contributed by atoms with van der Waals surface area (Å²) in [6.45, 7) is 2.69. The Kier molecular flexibility index (Phi) is 5.03. The highest BCUT2D eigenvalue weighted by Gasteiger charge is 2.60. The van der Waals surface area contributed by atoms with Gasteiger partial charge in [0.15, 0.2) is 0 Å². The number of hydrogen-bond donors (Lipinski definition) is 2. The van der Waals surface area contributed by atoms with Gasteiger partial charge in [0, 0.05) is 13.1 Å². The third-order valence-electron chi connectivity index (χ3n) is 6.65. The number of ether oxygens (including phenoxy) is 1. The lowest BCUT2D eigenvalue weighted by Gasteiger charge is -2.43. The molecule has 2 unspecified atom stereocenters. The van der Waals surface area contributed by atoms with Crippen LogP contribution in [-0.4, -0.2) is 40.6 Å². The lowest BCUT2D eigenvalue weighted by molar-refractivity contribution is -0.170. The van der Waals surface area contributed by atoms with Gasteiger partial charge in [-0.05, 0) is 44.2 Å². The highest BCUT2D eigenvalue weighted by molar-refractivity contribution is 7.89. The lowest BCUT2D eigenvalue weighted by atomic mass is 9.94. The number of halogens is 3. The van der Waals surface area contributed by atoms with Gasteiger partial charge in [-0.25, -0.2) is 8.42 Å². The van der Waals surface area contributed by atoms with Gasteiger partial charge in [-0.3, -0.25) is 4.57 Å². The number of alkyl halides is 3. The van der Waals surface area contributed by atoms with E-state index in [-0.39, 0.29) is 34.8 Å². The minimum Gasteiger partial charge on any atom is -0.494 e. The standard InChI is InChI=1S/C24H20F3N3O5S/c1-22-12-29(36(33,34)16-6-4-3-5-7-16)13-23(2,35-22)19-18(22)20(31)30(21(19)32)15-9-8-14(11-28)17(10-15)24(25,26)27/h3-10,31-32H,12-13H2,1-2H3. The molecule has 3 heterocycles. The van der Waals surface area contributed by atoms with E-state index in [0.717, 1.165) is 10.6 Å². The van der Waals surface area contributed by atoms with E-state index in [0.29, 0.717) is 6.07 Å². The molecule has 0 aliphatic carbocycles. The molecule has 2 aromatic carbocycles. The fourth-order valence-corrected chi connectivity index (χ4v) is 6.89. The molecule has 1 saturated heterocycles. The third kappa shape index (κ3) is 3.31. The maximum absolute atomic E-state index is 13.5. The second-order valence-electron chi connectivity index (χ2n) is 9.22. The van der Waals surface area contributed by atoms with Crippen molar-refractivity contribution in [1.82, 2.24) is 8.87 Å². The first kappa shape index (κ1) is 24.2. The van der Waals surface area contributed by atoms with E-state index in [1.165, 1.54) is 28.6 Å². The summed E-state index contributed by atoms with van der Waals surface area (Å²) in [5.74, 6) is -1.16. The molecule has 188 valence electrons. The van der Waals surface area contributed by atoms with Crippen LogP contribution < -0.4 is 0 Å². The molecule has 0 radical (unpaired) electrons. The van der Waals surface area contributed by atoms with Crippen LogP contribution in [0.4, 0.5) is 13.2 Å². The molecule has 36 heavy (non-hydrogen) atoms. The number of hydrogen-bond acceptors (Lipinski definition) is 6. The van der Waals surface area contributed by atoms with Gasteiger partial charge in [0.2, 0.25) is 21.8 Å². The number of fused-ring (bicyclic) bond motifs is 5. The highest BCUT2D eigenvalue weighted by atomic mass is 32.2. The molecule has 2 bridgehead atoms. The molecule has 5 rings (SSSR count). The first-order chi connectivity index (χ1) is 16.7. The number of morpholine rings is 1. The molecule has 2 aliphatic heterocycles. The van der Waals surface area contributed by atoms with Crippen LogP contribution in [0, 0.1) is 11.3 Å². The summed E-state index contributed by atoms with van der Waals surface area (Å²) < 4.78 is 75.4. The van der Waals surface area contributed by atoms with Crippen molar-refractivity contribution < 1.29 is 36.5 Å². The topological polar surface area (TPSA) is 116 Å². The summed E-state index contributed by atoms with van der Waals surface area (Å²) >= 11 is 0. The van der Waals surface area contributed by atoms with Crippen molar-refractivity contribution >= 4 is 10.0 Å². The predicted octanol–water partition coefficient (Wildman–Crippen LogP) is 3.94. The van der Waals surface area contributed by atoms with E-state index >= 15 is 0 Å². The van der Waals surface area contributed by atoms with Crippen LogP contribution in [0.25, 0.3) is 5.69 Å². The molecule has 0 spiro atoms. The normalized spacial score (nSPS) is 23.9. The van der Waals surface area contributed by atoms with Crippen molar-refractivity contribution in [1.29, 1.82) is 5.26 Å². The molecule has 12 heteroatoms. The van der Waals surface area contributed by atoms with Crippen molar-refractivity contribution in [2.75, 3.05) is 13.1 Å². The first-order valence-corrected chi connectivity index (χ1v) is 12.2. The zero-order valence-electron chi connectivity index (χ0n) is 19.0. The van der Waals surface area contributed by atoms with Gasteiger partial charge in [0.05, 0.1) is 38.9 Å². The van der Waals surface area contributed by atoms with Crippen LogP contribution in [0.15, 0.2) is 53.4 Å². The molecule has 8 nitrogen and oxygen atoms in total. The second kappa shape index (κ2) is 7.49. The molecule has 0 saturated carbocycles. The second-order valence-corrected chi connectivity index (χ2v) is 11.2. The third-order valence-corrected chi connectivity index (χ3v) is 8.46. The van der Waals surface area contributed by atoms with Gasteiger partial charge in [-0.15, -0.1) is 0 Å². The van der Waals surface area contributed by atoms with Crippen molar-refractivity contribution in [3.8, 4) is 23.5 Å². The average Bonchev–Trinajstić information content (AvgIpc) is 3.18. The van der Waals surface area contributed by atoms with E-state index in [1.807, 2.05) is 0 Å². The number of nitriles is 1. The van der Waals surface area contributed by atoms with E-state index in [9.17, 15) is 31.8 Å². The summed E-state index contributed by atoms with van der Waals surface area (Å²) in [5, 5.41) is 31.4. The molecular formula is C24H20F3N3O5S. The average molecular weight is 520 g/mol. The first-order valence-electron chi connectivity index (χ1n) is 10.8. The van der Waals surface area contributed by atoms with Crippen LogP contribution in [-0.2, 0) is 32.1 Å². The summed E-state index contributed by atoms with van der Waals surface area (Å²) in [6.07, 6.45) is -4.84. The lowest BCUT2D eigenvalue weighted by Crippen LogP contribution is -2.53. The Morgan fingerprint density at radius 3 is 2.06 bits per heavy atom. The Morgan fingerprint density at radius 1 is 1.00 bits per heavy atom. The fourth-order valence-electron chi connectivity index (χ4n) is 5.26. The summed E-state index contributed by atoms with van der Waals surface area (Å²) in [7, 11) is -3.95. The number of benzene rings is 2. The SMILES string of the molecule is CC12CN(S(=O)(=O)c3ccccc3)CC(C)(O1)c1c2c(O)n(-c2ccc(C#N)c(C(F)(F)F)c2)c1O. The largest absolute Gasteiger partial charge is 0.494 e. The van der Waals surface area contributed by atoms with Gasteiger partial charge in [0.1, 0.15) is 11.2 Å². The number of sulfonamides is 1. The molecule has 1 aromatic heterocycles. The summed E-state index contributed by atoms with van der Waals surface area (Å²) in [4.78, 5) is 0.0685. The van der Waals surface area contributed by atoms with Crippen molar-refractivity contribution in [3.05, 3.63) is 70.8 Å². The van der Waals surface area contributed by atoms with Crippen LogP contribution in [0.1, 0.15) is 36.1 Å². The zero-order chi connectivity index (χ0) is 26.3. The maximum atomic E-state index is 13.5. The van der Waals surface area contributed by atoms with Gasteiger partial charge in [0.25, 0.3) is 0 Å². The Labute approximate surface area is 204 Å². The molecular weight excluding hydrogens is 499 g/mol. The number of rotatable bonds is 3. The number of aromatic nitrogens is 1. The summed E-state index contributed by atoms with van der Waals surface area (Å²) in [5.41, 5.74) is -4.68. The molecule has 2 atom stereocenters. The van der Waals surface area contributed by atoms with Gasteiger partial charge in [-0.2, -0.15) is 22.7 Å². The molecule has 2 N–H and O–H groups in total. The molecule has 2 aliphatic rings. The highest BCUT2D eigenvalue weighted by Crippen LogP contribution is 2.59. The molecule has 3 aromatic rings. The zero-order valence-corrected chi connectivity index (χ0v) is 19.9. The summed E-state index contributed by atoms with van der Waals surface area (Å²) in [6, 6.07) is 12.1. The smallest absolute Gasteiger partial charge is 0.417 e.